The van der Waals surface area contributed by atoms with Gasteiger partial charge < -0.3 is 10.3 Å². The maximum Gasteiger partial charge on any atom is 1.00 e. The van der Waals surface area contributed by atoms with E-state index < -0.39 is 21.1 Å². The minimum absolute atomic E-state index is 0. The Hall–Kier alpha value is 1.88. The minimum Gasteiger partial charge on any atom is -0.427 e. The molecule has 0 aliphatic heterocycles. The molecule has 0 bridgehead atoms. The summed E-state index contributed by atoms with van der Waals surface area (Å²) in [6, 6.07) is 0. The summed E-state index contributed by atoms with van der Waals surface area (Å²) in [7, 11) is 0. The molecule has 3 radical (unpaired) electrons. The largest absolute Gasteiger partial charge is 1.00 e. The summed E-state index contributed by atoms with van der Waals surface area (Å²) in [5, 5.41) is 0. The Balaban J connectivity index is -0.0000000450. The van der Waals surface area contributed by atoms with E-state index in [-0.39, 0.29) is 39.7 Å². The Bertz CT molecular complexity index is 15.5. The fourth-order valence-electron chi connectivity index (χ4n) is 0. The van der Waals surface area contributed by atoms with Crippen molar-refractivity contribution in [2.24, 2.45) is 0 Å². The van der Waals surface area contributed by atoms with Crippen LogP contribution in [-0.4, -0.2) is 17.4 Å². The first-order valence-electron chi connectivity index (χ1n) is 0.463. The van der Waals surface area contributed by atoms with Crippen molar-refractivity contribution in [2.45, 2.75) is 0 Å². The third-order valence-corrected chi connectivity index (χ3v) is 0. The van der Waals surface area contributed by atoms with Crippen LogP contribution in [0, 0.1) is 0 Å². The third-order valence-electron chi connectivity index (χ3n) is 0. The van der Waals surface area contributed by atoms with E-state index in [0.29, 0.717) is 0 Å². The van der Waals surface area contributed by atoms with Crippen LogP contribution < -0.4 is 31.4 Å². The Kier molecular flexibility index (Phi) is 26.1. The monoisotopic (exact) mass is 309 g/mol. The van der Waals surface area contributed by atoms with Crippen molar-refractivity contribution >= 4 is 17.4 Å². The summed E-state index contributed by atoms with van der Waals surface area (Å²) in [5.41, 5.74) is 0. The van der Waals surface area contributed by atoms with E-state index in [2.05, 4.69) is 0 Å². The summed E-state index contributed by atoms with van der Waals surface area (Å²) >= 11 is -4.01. The van der Waals surface area contributed by atoms with Gasteiger partial charge in [-0.3, -0.25) is 0 Å². The van der Waals surface area contributed by atoms with Crippen LogP contribution in [0.2, 0.25) is 0 Å². The molecule has 0 aliphatic carbocycles. The van der Waals surface area contributed by atoms with Gasteiger partial charge in [0.25, 0.3) is 21.1 Å². The fraction of sp³-hybridized carbons (Fsp3) is 0. The Morgan fingerprint density at radius 2 is 1.00 bits per heavy atom. The zero-order chi connectivity index (χ0) is 3.58. The van der Waals surface area contributed by atoms with Gasteiger partial charge >= 0.3 is 22.4 Å². The predicted molar refractivity (Wildman–Crippen MR) is 5.75 cm³/mol. The molecule has 0 unspecified atom stereocenters. The summed E-state index contributed by atoms with van der Waals surface area (Å²) in [6.45, 7) is 0. The van der Waals surface area contributed by atoms with Crippen molar-refractivity contribution in [3.63, 3.8) is 0 Å². The molecule has 3 nitrogen and oxygen atoms in total. The average Bonchev–Trinajstić information content (AvgIpc) is 0.811. The molecule has 0 rings (SSSR count). The molecule has 0 aromatic carbocycles. The van der Waals surface area contributed by atoms with E-state index >= 15 is 0 Å². The molecule has 0 heterocycles. The molecule has 0 N–H and O–H groups in total. The van der Waals surface area contributed by atoms with Crippen molar-refractivity contribution in [3.8, 4) is 0 Å². The quantitative estimate of drug-likeness (QED) is 0.330. The van der Waals surface area contributed by atoms with Crippen LogP contribution in [0.5, 0.6) is 0 Å². The normalized spacial score (nSPS) is 6.00. The second-order valence-corrected chi connectivity index (χ2v) is 1.27. The van der Waals surface area contributed by atoms with Crippen LogP contribution in [0.4, 0.5) is 0 Å². The molecule has 0 aromatic rings. The van der Waals surface area contributed by atoms with E-state index in [4.69, 9.17) is 10.3 Å². The van der Waals surface area contributed by atoms with Crippen LogP contribution in [0.1, 0.15) is 0 Å². The summed E-state index contributed by atoms with van der Waals surface area (Å²) < 4.78 is 25.7. The molecule has 0 aliphatic rings. The zero-order valence-corrected chi connectivity index (χ0v) is 7.28. The van der Waals surface area contributed by atoms with Gasteiger partial charge in [-0.15, -0.1) is 0 Å². The van der Waals surface area contributed by atoms with Crippen molar-refractivity contribution in [1.82, 2.24) is 0 Å². The zero-order valence-electron chi connectivity index (χ0n) is 2.48. The molecule has 39 valence electrons. The summed E-state index contributed by atoms with van der Waals surface area (Å²) in [6.07, 6.45) is 0. The van der Waals surface area contributed by atoms with Gasteiger partial charge in [0.15, 0.2) is 0 Å². The van der Waals surface area contributed by atoms with Gasteiger partial charge in [0.05, 0.1) is 0 Å². The maximum atomic E-state index is 8.57. The number of halogens is 1. The van der Waals surface area contributed by atoms with Crippen LogP contribution in [0.15, 0.2) is 0 Å². The average molecular weight is 310 g/mol. The first kappa shape index (κ1) is 15.7. The van der Waals surface area contributed by atoms with Gasteiger partial charge in [0, 0.05) is 17.4 Å². The molecule has 0 aromatic heterocycles. The van der Waals surface area contributed by atoms with Crippen molar-refractivity contribution in [2.75, 3.05) is 0 Å². The van der Waals surface area contributed by atoms with Gasteiger partial charge in [0.2, 0.25) is 0 Å². The Morgan fingerprint density at radius 1 is 1.00 bits per heavy atom. The van der Waals surface area contributed by atoms with E-state index in [1.807, 2.05) is 0 Å². The van der Waals surface area contributed by atoms with Crippen molar-refractivity contribution in [3.05, 3.63) is 0 Å². The van der Waals surface area contributed by atoms with Crippen molar-refractivity contribution in [1.29, 1.82) is 0 Å². The Labute approximate surface area is 70.4 Å². The number of rotatable bonds is 0. The fourth-order valence-corrected chi connectivity index (χ4v) is 0. The molecule has 0 amide bonds. The van der Waals surface area contributed by atoms with E-state index in [1.54, 1.807) is 0 Å². The van der Waals surface area contributed by atoms with Gasteiger partial charge in [0.1, 0.15) is 0 Å². The van der Waals surface area contributed by atoms with Gasteiger partial charge in [-0.1, -0.05) is 0 Å². The molecule has 0 saturated carbocycles. The standard InChI is InChI=1S/Ag.Al.IO3/c;;2-1(3)4/q+1;;-1. The second-order valence-electron chi connectivity index (χ2n) is 0.189. The SMILES string of the molecule is [Ag+].[Al].[O-][I+2]([O-])[O-]. The first-order valence-corrected chi connectivity index (χ1v) is 3.11. The van der Waals surface area contributed by atoms with Crippen LogP contribution in [0.3, 0.4) is 0 Å². The van der Waals surface area contributed by atoms with E-state index in [9.17, 15) is 0 Å². The summed E-state index contributed by atoms with van der Waals surface area (Å²) in [4.78, 5) is 0. The first-order chi connectivity index (χ1) is 1.73. The molecule has 0 atom stereocenters. The topological polar surface area (TPSA) is 69.2 Å². The summed E-state index contributed by atoms with van der Waals surface area (Å²) in [5.74, 6) is 0. The number of hydrogen-bond donors (Lipinski definition) is 0. The second kappa shape index (κ2) is 9.99. The molecule has 6 heteroatoms. The molecule has 0 saturated heterocycles. The maximum absolute atomic E-state index is 8.57. The number of hydrogen-bond acceptors (Lipinski definition) is 3. The molecule has 0 fully saturated rings. The minimum atomic E-state index is -4.01. The van der Waals surface area contributed by atoms with Crippen molar-refractivity contribution < 1.29 is 53.8 Å². The smallest absolute Gasteiger partial charge is 0.427 e. The molecule has 0 spiro atoms. The van der Waals surface area contributed by atoms with Gasteiger partial charge in [-0.25, -0.2) is 0 Å². The Morgan fingerprint density at radius 3 is 1.00 bits per heavy atom. The van der Waals surface area contributed by atoms with Crippen LogP contribution in [0.25, 0.3) is 0 Å². The molecular weight excluding hydrogens is 310 g/mol. The van der Waals surface area contributed by atoms with Gasteiger partial charge in [-0.05, 0) is 0 Å². The predicted octanol–water partition coefficient (Wildman–Crippen LogP) is -6.95. The van der Waals surface area contributed by atoms with E-state index in [0.717, 1.165) is 0 Å². The van der Waals surface area contributed by atoms with Crippen LogP contribution in [-0.2, 0) is 22.4 Å². The van der Waals surface area contributed by atoms with Gasteiger partial charge in [-0.2, -0.15) is 0 Å². The van der Waals surface area contributed by atoms with E-state index in [1.165, 1.54) is 0 Å². The molecular formula is AgAlIO3. The van der Waals surface area contributed by atoms with Crippen LogP contribution >= 0.6 is 0 Å². The third kappa shape index (κ3) is 39.6. The molecule has 6 heavy (non-hydrogen) atoms.